The summed E-state index contributed by atoms with van der Waals surface area (Å²) in [7, 11) is 1.71. The zero-order chi connectivity index (χ0) is 27.6. The molecule has 5 rings (SSSR count). The summed E-state index contributed by atoms with van der Waals surface area (Å²) in [5, 5.41) is 7.79. The first-order valence-electron chi connectivity index (χ1n) is 13.8. The number of benzene rings is 1. The maximum Gasteiger partial charge on any atom is 0.389 e. The highest BCUT2D eigenvalue weighted by molar-refractivity contribution is 6.06. The van der Waals surface area contributed by atoms with Crippen molar-refractivity contribution in [3.05, 3.63) is 58.8 Å². The Morgan fingerprint density at radius 1 is 1.08 bits per heavy atom. The van der Waals surface area contributed by atoms with E-state index in [0.29, 0.717) is 22.6 Å². The fourth-order valence-corrected chi connectivity index (χ4v) is 5.92. The van der Waals surface area contributed by atoms with Crippen molar-refractivity contribution in [3.63, 3.8) is 0 Å². The molecule has 0 bridgehead atoms. The standard InChI is InChI=1S/C29H35F4N5O/c1-37-18-24-23(8-9-25(30)27(24)36-37)28(39)35-21-5-2-19(3-6-21)11-15-38-16-12-20-4-7-22(10-14-29(31,32)33)34-26(20)13-17-38/h4,7-9,18-19,21H,2-3,5-6,10-17H2,1H3,(H,35,39)/t19-,21-. The summed E-state index contributed by atoms with van der Waals surface area (Å²) in [4.78, 5) is 20.0. The molecule has 0 unspecified atom stereocenters. The number of amides is 1. The van der Waals surface area contributed by atoms with E-state index in [0.717, 1.165) is 75.8 Å². The van der Waals surface area contributed by atoms with E-state index in [9.17, 15) is 22.4 Å². The van der Waals surface area contributed by atoms with Gasteiger partial charge in [-0.15, -0.1) is 0 Å². The molecule has 2 aliphatic rings. The zero-order valence-corrected chi connectivity index (χ0v) is 22.2. The minimum absolute atomic E-state index is 0.0681. The number of pyridine rings is 1. The maximum absolute atomic E-state index is 14.1. The van der Waals surface area contributed by atoms with E-state index in [-0.39, 0.29) is 23.9 Å². The lowest BCUT2D eigenvalue weighted by Gasteiger charge is -2.30. The number of carbonyl (C=O) groups is 1. The van der Waals surface area contributed by atoms with Crippen molar-refractivity contribution in [2.24, 2.45) is 13.0 Å². The lowest BCUT2D eigenvalue weighted by Crippen LogP contribution is -2.38. The third kappa shape index (κ3) is 6.96. The van der Waals surface area contributed by atoms with Crippen LogP contribution >= 0.6 is 0 Å². The maximum atomic E-state index is 14.1. The number of hydrogen-bond donors (Lipinski definition) is 1. The third-order valence-corrected chi connectivity index (χ3v) is 8.17. The second-order valence-corrected chi connectivity index (χ2v) is 11.0. The van der Waals surface area contributed by atoms with Crippen LogP contribution in [-0.4, -0.2) is 57.4 Å². The van der Waals surface area contributed by atoms with Crippen molar-refractivity contribution in [3.8, 4) is 0 Å². The number of alkyl halides is 3. The van der Waals surface area contributed by atoms with Crippen molar-refractivity contribution >= 4 is 16.8 Å². The molecule has 0 saturated heterocycles. The Morgan fingerprint density at radius 2 is 1.85 bits per heavy atom. The molecule has 1 saturated carbocycles. The summed E-state index contributed by atoms with van der Waals surface area (Å²) >= 11 is 0. The van der Waals surface area contributed by atoms with E-state index >= 15 is 0 Å². The van der Waals surface area contributed by atoms with E-state index in [1.807, 2.05) is 6.07 Å². The number of aryl methyl sites for hydroxylation is 2. The van der Waals surface area contributed by atoms with Gasteiger partial charge in [0.1, 0.15) is 5.52 Å². The molecule has 0 atom stereocenters. The normalized spacial score (nSPS) is 20.5. The summed E-state index contributed by atoms with van der Waals surface area (Å²) < 4.78 is 53.3. The van der Waals surface area contributed by atoms with Gasteiger partial charge < -0.3 is 10.2 Å². The van der Waals surface area contributed by atoms with Crippen LogP contribution in [0.3, 0.4) is 0 Å². The van der Waals surface area contributed by atoms with E-state index in [4.69, 9.17) is 0 Å². The number of aromatic nitrogens is 3. The summed E-state index contributed by atoms with van der Waals surface area (Å²) in [6.45, 7) is 2.79. The van der Waals surface area contributed by atoms with Gasteiger partial charge in [-0.3, -0.25) is 14.5 Å². The van der Waals surface area contributed by atoms with Crippen LogP contribution in [0, 0.1) is 11.7 Å². The van der Waals surface area contributed by atoms with Crippen LogP contribution in [0.25, 0.3) is 10.9 Å². The number of halogens is 4. The summed E-state index contributed by atoms with van der Waals surface area (Å²) in [5.74, 6) is -0.0135. The number of fused-ring (bicyclic) bond motifs is 2. The average molecular weight is 546 g/mol. The van der Waals surface area contributed by atoms with Crippen molar-refractivity contribution in [1.82, 2.24) is 25.0 Å². The van der Waals surface area contributed by atoms with E-state index in [1.165, 1.54) is 16.8 Å². The van der Waals surface area contributed by atoms with Crippen LogP contribution in [0.15, 0.2) is 30.5 Å². The Balaban J connectivity index is 1.06. The fourth-order valence-electron chi connectivity index (χ4n) is 5.92. The minimum atomic E-state index is -4.16. The zero-order valence-electron chi connectivity index (χ0n) is 22.2. The van der Waals surface area contributed by atoms with Crippen molar-refractivity contribution in [2.75, 3.05) is 19.6 Å². The van der Waals surface area contributed by atoms with Gasteiger partial charge in [0.25, 0.3) is 5.91 Å². The van der Waals surface area contributed by atoms with Crippen LogP contribution in [-0.2, 0) is 26.3 Å². The van der Waals surface area contributed by atoms with Gasteiger partial charge in [-0.25, -0.2) is 4.39 Å². The Labute approximate surface area is 225 Å². The highest BCUT2D eigenvalue weighted by Crippen LogP contribution is 2.29. The molecule has 6 nitrogen and oxygen atoms in total. The summed E-state index contributed by atoms with van der Waals surface area (Å²) in [6.07, 6.45) is 3.28. The number of rotatable bonds is 7. The number of nitrogens with zero attached hydrogens (tertiary/aromatic N) is 4. The van der Waals surface area contributed by atoms with Gasteiger partial charge in [0.15, 0.2) is 5.82 Å². The lowest BCUT2D eigenvalue weighted by molar-refractivity contribution is -0.134. The van der Waals surface area contributed by atoms with Crippen LogP contribution in [0.1, 0.15) is 65.8 Å². The number of hydrogen-bond acceptors (Lipinski definition) is 4. The molecular formula is C29H35F4N5O. The summed E-state index contributed by atoms with van der Waals surface area (Å²) in [5.41, 5.74) is 3.27. The van der Waals surface area contributed by atoms with Gasteiger partial charge in [-0.1, -0.05) is 6.07 Å². The second kappa shape index (κ2) is 11.6. The SMILES string of the molecule is Cn1cc2c(C(=O)N[C@H]3CC[C@H](CCN4CCc5ccc(CCC(F)(F)F)nc5CC4)CC3)ccc(F)c2n1. The van der Waals surface area contributed by atoms with Crippen LogP contribution in [0.5, 0.6) is 0 Å². The Kier molecular flexibility index (Phi) is 8.21. The van der Waals surface area contributed by atoms with Gasteiger partial charge in [0.05, 0.1) is 5.56 Å². The molecule has 1 fully saturated rings. The molecule has 1 N–H and O–H groups in total. The molecule has 1 aliphatic heterocycles. The predicted molar refractivity (Wildman–Crippen MR) is 141 cm³/mol. The highest BCUT2D eigenvalue weighted by Gasteiger charge is 2.28. The number of carbonyl (C=O) groups excluding carboxylic acids is 1. The first-order valence-corrected chi connectivity index (χ1v) is 13.8. The highest BCUT2D eigenvalue weighted by atomic mass is 19.4. The fraction of sp³-hybridized carbons (Fsp3) is 0.552. The van der Waals surface area contributed by atoms with Gasteiger partial charge >= 0.3 is 6.18 Å². The monoisotopic (exact) mass is 545 g/mol. The Morgan fingerprint density at radius 3 is 2.62 bits per heavy atom. The molecule has 0 spiro atoms. The van der Waals surface area contributed by atoms with E-state index in [1.54, 1.807) is 19.3 Å². The molecular weight excluding hydrogens is 510 g/mol. The predicted octanol–water partition coefficient (Wildman–Crippen LogP) is 5.38. The molecule has 210 valence electrons. The largest absolute Gasteiger partial charge is 0.389 e. The molecule has 2 aromatic heterocycles. The third-order valence-electron chi connectivity index (χ3n) is 8.17. The van der Waals surface area contributed by atoms with Gasteiger partial charge in [0, 0.05) is 62.0 Å². The quantitative estimate of drug-likeness (QED) is 0.405. The van der Waals surface area contributed by atoms with Crippen molar-refractivity contribution < 1.29 is 22.4 Å². The van der Waals surface area contributed by atoms with Gasteiger partial charge in [-0.2, -0.15) is 18.3 Å². The lowest BCUT2D eigenvalue weighted by atomic mass is 9.84. The molecule has 0 radical (unpaired) electrons. The van der Waals surface area contributed by atoms with Crippen LogP contribution < -0.4 is 5.32 Å². The van der Waals surface area contributed by atoms with Crippen molar-refractivity contribution in [1.29, 1.82) is 0 Å². The molecule has 1 aliphatic carbocycles. The molecule has 39 heavy (non-hydrogen) atoms. The minimum Gasteiger partial charge on any atom is -0.349 e. The first-order chi connectivity index (χ1) is 18.6. The van der Waals surface area contributed by atoms with Crippen LogP contribution in [0.4, 0.5) is 17.6 Å². The van der Waals surface area contributed by atoms with Gasteiger partial charge in [0.2, 0.25) is 0 Å². The van der Waals surface area contributed by atoms with Crippen molar-refractivity contribution in [2.45, 2.75) is 70.0 Å². The molecule has 3 aromatic rings. The van der Waals surface area contributed by atoms with E-state index < -0.39 is 18.4 Å². The molecule has 1 amide bonds. The second-order valence-electron chi connectivity index (χ2n) is 11.0. The Hall–Kier alpha value is -3.01. The summed E-state index contributed by atoms with van der Waals surface area (Å²) in [6, 6.07) is 6.63. The van der Waals surface area contributed by atoms with Crippen LogP contribution in [0.2, 0.25) is 0 Å². The first kappa shape index (κ1) is 27.6. The average Bonchev–Trinajstić information content (AvgIpc) is 3.18. The molecule has 10 heteroatoms. The topological polar surface area (TPSA) is 63.1 Å². The Bertz CT molecular complexity index is 1310. The van der Waals surface area contributed by atoms with E-state index in [2.05, 4.69) is 20.3 Å². The number of nitrogens with one attached hydrogen (secondary N) is 1. The molecule has 1 aromatic carbocycles. The molecule has 3 heterocycles. The smallest absolute Gasteiger partial charge is 0.349 e. The van der Waals surface area contributed by atoms with Gasteiger partial charge in [-0.05, 0) is 81.2 Å².